The monoisotopic (exact) mass is 470 g/mol. The SMILES string of the molecule is N=C(N)NOCCCOc1ccc(C[C@H](NS(=O)(=O)c2ccccc2Cl)C(=O)O)cc1. The van der Waals surface area contributed by atoms with Crippen molar-refractivity contribution in [2.75, 3.05) is 13.2 Å². The Morgan fingerprint density at radius 3 is 2.45 bits per heavy atom. The summed E-state index contributed by atoms with van der Waals surface area (Å²) in [4.78, 5) is 16.3. The molecule has 2 aromatic rings. The topological polar surface area (TPSA) is 164 Å². The van der Waals surface area contributed by atoms with Gasteiger partial charge in [0.2, 0.25) is 16.0 Å². The normalized spacial score (nSPS) is 12.2. The van der Waals surface area contributed by atoms with E-state index in [-0.39, 0.29) is 22.3 Å². The van der Waals surface area contributed by atoms with Crippen LogP contribution in [0.25, 0.3) is 0 Å². The highest BCUT2D eigenvalue weighted by molar-refractivity contribution is 7.89. The summed E-state index contributed by atoms with van der Waals surface area (Å²) in [6.07, 6.45) is 0.483. The second kappa shape index (κ2) is 11.5. The fraction of sp³-hybridized carbons (Fsp3) is 0.263. The largest absolute Gasteiger partial charge is 0.494 e. The van der Waals surface area contributed by atoms with Crippen LogP contribution < -0.4 is 20.7 Å². The molecule has 2 rings (SSSR count). The van der Waals surface area contributed by atoms with E-state index in [0.717, 1.165) is 0 Å². The van der Waals surface area contributed by atoms with E-state index in [9.17, 15) is 18.3 Å². The molecule has 31 heavy (non-hydrogen) atoms. The number of guanidine groups is 1. The molecule has 168 valence electrons. The Kier molecular flexibility index (Phi) is 9.06. The fourth-order valence-electron chi connectivity index (χ4n) is 2.50. The van der Waals surface area contributed by atoms with Crippen molar-refractivity contribution in [3.63, 3.8) is 0 Å². The molecule has 0 fully saturated rings. The van der Waals surface area contributed by atoms with Crippen molar-refractivity contribution < 1.29 is 27.9 Å². The molecule has 0 saturated heterocycles. The van der Waals surface area contributed by atoms with Gasteiger partial charge < -0.3 is 15.6 Å². The van der Waals surface area contributed by atoms with Gasteiger partial charge in [-0.15, -0.1) is 0 Å². The summed E-state index contributed by atoms with van der Waals surface area (Å²) in [5.41, 5.74) is 7.89. The summed E-state index contributed by atoms with van der Waals surface area (Å²) in [5, 5.41) is 16.4. The van der Waals surface area contributed by atoms with Crippen LogP contribution in [0, 0.1) is 5.41 Å². The Bertz CT molecular complexity index is 1000. The van der Waals surface area contributed by atoms with Gasteiger partial charge in [0.05, 0.1) is 18.2 Å². The molecule has 10 nitrogen and oxygen atoms in total. The Balaban J connectivity index is 1.92. The number of nitrogens with one attached hydrogen (secondary N) is 3. The Morgan fingerprint density at radius 2 is 1.84 bits per heavy atom. The number of hydrogen-bond donors (Lipinski definition) is 5. The molecule has 0 spiro atoms. The van der Waals surface area contributed by atoms with E-state index in [1.807, 2.05) is 0 Å². The highest BCUT2D eigenvalue weighted by Crippen LogP contribution is 2.21. The smallest absolute Gasteiger partial charge is 0.322 e. The van der Waals surface area contributed by atoms with Gasteiger partial charge in [-0.25, -0.2) is 13.9 Å². The first-order chi connectivity index (χ1) is 14.7. The summed E-state index contributed by atoms with van der Waals surface area (Å²) in [7, 11) is -4.11. The van der Waals surface area contributed by atoms with Crippen molar-refractivity contribution in [3.05, 3.63) is 59.1 Å². The number of benzene rings is 2. The summed E-state index contributed by atoms with van der Waals surface area (Å²) in [6, 6.07) is 11.0. The van der Waals surface area contributed by atoms with Crippen LogP contribution in [0.2, 0.25) is 5.02 Å². The minimum atomic E-state index is -4.11. The second-order valence-electron chi connectivity index (χ2n) is 6.36. The lowest BCUT2D eigenvalue weighted by molar-refractivity contribution is -0.138. The molecule has 0 bridgehead atoms. The average molecular weight is 471 g/mol. The van der Waals surface area contributed by atoms with Crippen molar-refractivity contribution >= 4 is 33.6 Å². The molecular formula is C19H23ClN4O6S. The van der Waals surface area contributed by atoms with E-state index >= 15 is 0 Å². The first kappa shape index (κ1) is 24.4. The Morgan fingerprint density at radius 1 is 1.16 bits per heavy atom. The zero-order chi connectivity index (χ0) is 22.9. The summed E-state index contributed by atoms with van der Waals surface area (Å²) in [6.45, 7) is 0.651. The summed E-state index contributed by atoms with van der Waals surface area (Å²) in [5.74, 6) is -1.03. The van der Waals surface area contributed by atoms with Gasteiger partial charge >= 0.3 is 5.97 Å². The number of rotatable bonds is 12. The van der Waals surface area contributed by atoms with Crippen LogP contribution in [-0.2, 0) is 26.1 Å². The average Bonchev–Trinajstić information content (AvgIpc) is 2.71. The minimum Gasteiger partial charge on any atom is -0.494 e. The number of nitrogens with two attached hydrogens (primary N) is 1. The molecular weight excluding hydrogens is 448 g/mol. The first-order valence-electron chi connectivity index (χ1n) is 9.12. The second-order valence-corrected chi connectivity index (χ2v) is 8.45. The predicted molar refractivity (Wildman–Crippen MR) is 114 cm³/mol. The summed E-state index contributed by atoms with van der Waals surface area (Å²) >= 11 is 5.93. The molecule has 0 aromatic heterocycles. The Labute approximate surface area is 184 Å². The number of aliphatic carboxylic acids is 1. The van der Waals surface area contributed by atoms with Gasteiger partial charge in [-0.2, -0.15) is 4.72 Å². The minimum absolute atomic E-state index is 0.00288. The van der Waals surface area contributed by atoms with Crippen LogP contribution in [0.5, 0.6) is 5.75 Å². The highest BCUT2D eigenvalue weighted by Gasteiger charge is 2.27. The Hall–Kier alpha value is -2.86. The van der Waals surface area contributed by atoms with Crippen molar-refractivity contribution in [1.29, 1.82) is 5.41 Å². The van der Waals surface area contributed by atoms with Crippen molar-refractivity contribution in [2.24, 2.45) is 5.73 Å². The molecule has 2 aromatic carbocycles. The maximum atomic E-state index is 12.5. The van der Waals surface area contributed by atoms with Crippen LogP contribution in [0.4, 0.5) is 0 Å². The molecule has 0 aliphatic carbocycles. The van der Waals surface area contributed by atoms with Gasteiger partial charge in [0.15, 0.2) is 0 Å². The lowest BCUT2D eigenvalue weighted by Crippen LogP contribution is -2.42. The lowest BCUT2D eigenvalue weighted by Gasteiger charge is -2.16. The van der Waals surface area contributed by atoms with Gasteiger partial charge in [-0.1, -0.05) is 35.9 Å². The highest BCUT2D eigenvalue weighted by atomic mass is 35.5. The van der Waals surface area contributed by atoms with Crippen molar-refractivity contribution in [2.45, 2.75) is 23.8 Å². The zero-order valence-corrected chi connectivity index (χ0v) is 17.9. The maximum absolute atomic E-state index is 12.5. The van der Waals surface area contributed by atoms with Gasteiger partial charge in [-0.05, 0) is 36.2 Å². The van der Waals surface area contributed by atoms with E-state index in [1.165, 1.54) is 18.2 Å². The number of hydrogen-bond acceptors (Lipinski definition) is 6. The third kappa shape index (κ3) is 8.06. The molecule has 12 heteroatoms. The quantitative estimate of drug-likeness (QED) is 0.135. The van der Waals surface area contributed by atoms with Crippen LogP contribution >= 0.6 is 11.6 Å². The number of hydroxylamine groups is 1. The molecule has 6 N–H and O–H groups in total. The third-order valence-electron chi connectivity index (χ3n) is 3.93. The third-order valence-corrected chi connectivity index (χ3v) is 5.90. The molecule has 1 atom stereocenters. The number of carboxylic acid groups (broad SMARTS) is 1. The number of carboxylic acids is 1. The zero-order valence-electron chi connectivity index (χ0n) is 16.4. The standard InChI is InChI=1S/C19H23ClN4O6S/c20-15-4-1-2-5-17(15)31(27,28)24-16(18(25)26)12-13-6-8-14(9-7-13)29-10-3-11-30-23-19(21)22/h1-2,4-9,16,24H,3,10-12H2,(H,25,26)(H4,21,22,23)/t16-/m0/s1. The van der Waals surface area contributed by atoms with Gasteiger partial charge in [0.1, 0.15) is 16.7 Å². The molecule has 0 unspecified atom stereocenters. The van der Waals surface area contributed by atoms with Crippen molar-refractivity contribution in [3.8, 4) is 5.75 Å². The predicted octanol–water partition coefficient (Wildman–Crippen LogP) is 1.50. The van der Waals surface area contributed by atoms with Gasteiger partial charge in [0.25, 0.3) is 0 Å². The summed E-state index contributed by atoms with van der Waals surface area (Å²) < 4.78 is 32.8. The van der Waals surface area contributed by atoms with E-state index in [1.54, 1.807) is 30.3 Å². The molecule has 0 amide bonds. The number of halogens is 1. The van der Waals surface area contributed by atoms with Crippen LogP contribution in [0.15, 0.2) is 53.4 Å². The van der Waals surface area contributed by atoms with Crippen LogP contribution in [-0.4, -0.2) is 44.7 Å². The van der Waals surface area contributed by atoms with Crippen molar-refractivity contribution in [1.82, 2.24) is 10.2 Å². The number of sulfonamides is 1. The maximum Gasteiger partial charge on any atom is 0.322 e. The van der Waals surface area contributed by atoms with Gasteiger partial charge in [0, 0.05) is 6.42 Å². The first-order valence-corrected chi connectivity index (χ1v) is 11.0. The molecule has 0 aliphatic rings. The fourth-order valence-corrected chi connectivity index (χ4v) is 4.21. The van der Waals surface area contributed by atoms with E-state index in [4.69, 9.17) is 32.3 Å². The molecule has 0 heterocycles. The van der Waals surface area contributed by atoms with Crippen LogP contribution in [0.1, 0.15) is 12.0 Å². The number of ether oxygens (including phenoxy) is 1. The molecule has 0 saturated carbocycles. The van der Waals surface area contributed by atoms with E-state index < -0.39 is 22.0 Å². The molecule has 0 radical (unpaired) electrons. The van der Waals surface area contributed by atoms with E-state index in [0.29, 0.717) is 30.9 Å². The lowest BCUT2D eigenvalue weighted by atomic mass is 10.1. The molecule has 0 aliphatic heterocycles. The van der Waals surface area contributed by atoms with Gasteiger partial charge in [-0.3, -0.25) is 15.0 Å². The van der Waals surface area contributed by atoms with E-state index in [2.05, 4.69) is 10.2 Å². The van der Waals surface area contributed by atoms with Crippen LogP contribution in [0.3, 0.4) is 0 Å². The number of carbonyl (C=O) groups is 1.